The molecule has 0 bridgehead atoms. The Morgan fingerprint density at radius 3 is 2.25 bits per heavy atom. The first-order valence-corrected chi connectivity index (χ1v) is 3.96. The first kappa shape index (κ1) is 12.4. The van der Waals surface area contributed by atoms with Crippen LogP contribution in [0.3, 0.4) is 0 Å². The fourth-order valence-electron chi connectivity index (χ4n) is 1.03. The van der Waals surface area contributed by atoms with Gasteiger partial charge in [-0.05, 0) is 18.2 Å². The molecule has 1 aromatic carbocycles. The van der Waals surface area contributed by atoms with E-state index in [0.717, 1.165) is 0 Å². The third-order valence-corrected chi connectivity index (χ3v) is 1.79. The summed E-state index contributed by atoms with van der Waals surface area (Å²) in [6, 6.07) is 1.25. The maximum absolute atomic E-state index is 12.2. The van der Waals surface area contributed by atoms with Crippen molar-refractivity contribution in [2.45, 2.75) is 12.6 Å². The highest BCUT2D eigenvalue weighted by atomic mass is 19.4. The smallest absolute Gasteiger partial charge is 0.416 e. The van der Waals surface area contributed by atoms with Gasteiger partial charge in [-0.15, -0.1) is 0 Å². The molecule has 0 aliphatic rings. The molecule has 2 nitrogen and oxygen atoms in total. The molecule has 88 valence electrons. The lowest BCUT2D eigenvalue weighted by molar-refractivity contribution is -0.137. The number of hydrogen-bond acceptors (Lipinski definition) is 2. The van der Waals surface area contributed by atoms with E-state index < -0.39 is 35.3 Å². The van der Waals surface area contributed by atoms with Crippen LogP contribution in [0.4, 0.5) is 22.0 Å². The monoisotopic (exact) mass is 240 g/mol. The van der Waals surface area contributed by atoms with Gasteiger partial charge in [-0.2, -0.15) is 13.2 Å². The van der Waals surface area contributed by atoms with Crippen LogP contribution in [0.25, 0.3) is 0 Å². The number of benzene rings is 1. The van der Waals surface area contributed by atoms with Crippen LogP contribution in [-0.4, -0.2) is 17.3 Å². The number of carbonyl (C=O) groups excluding carboxylic acids is 1. The average Bonchev–Trinajstić information content (AvgIpc) is 2.15. The van der Waals surface area contributed by atoms with Crippen LogP contribution in [0.15, 0.2) is 18.2 Å². The van der Waals surface area contributed by atoms with Gasteiger partial charge < -0.3 is 5.11 Å². The molecule has 0 unspecified atom stereocenters. The molecule has 7 heteroatoms. The second-order valence-electron chi connectivity index (χ2n) is 2.89. The minimum Gasteiger partial charge on any atom is -0.507 e. The van der Waals surface area contributed by atoms with Gasteiger partial charge in [0.15, 0.2) is 0 Å². The standard InChI is InChI=1S/C9H5F5O2/c10-8(11)7(16)5-3-4(9(12,13)14)1-2-6(5)15/h1-3,8,15H. The quantitative estimate of drug-likeness (QED) is 0.637. The topological polar surface area (TPSA) is 37.3 Å². The molecule has 16 heavy (non-hydrogen) atoms. The van der Waals surface area contributed by atoms with Crippen LogP contribution < -0.4 is 0 Å². The van der Waals surface area contributed by atoms with Crippen LogP contribution in [0.5, 0.6) is 5.75 Å². The second-order valence-corrected chi connectivity index (χ2v) is 2.89. The molecule has 0 saturated heterocycles. The van der Waals surface area contributed by atoms with E-state index in [4.69, 9.17) is 5.11 Å². The van der Waals surface area contributed by atoms with Gasteiger partial charge in [0, 0.05) is 0 Å². The maximum atomic E-state index is 12.2. The van der Waals surface area contributed by atoms with Crippen LogP contribution in [0.1, 0.15) is 15.9 Å². The van der Waals surface area contributed by atoms with Gasteiger partial charge in [0.25, 0.3) is 0 Å². The molecular weight excluding hydrogens is 235 g/mol. The van der Waals surface area contributed by atoms with Crippen molar-refractivity contribution in [3.05, 3.63) is 29.3 Å². The van der Waals surface area contributed by atoms with E-state index >= 15 is 0 Å². The first-order valence-electron chi connectivity index (χ1n) is 3.96. The van der Waals surface area contributed by atoms with E-state index in [1.54, 1.807) is 0 Å². The Morgan fingerprint density at radius 1 is 1.25 bits per heavy atom. The molecule has 1 rings (SSSR count). The maximum Gasteiger partial charge on any atom is 0.416 e. The summed E-state index contributed by atoms with van der Waals surface area (Å²) in [7, 11) is 0. The van der Waals surface area contributed by atoms with Crippen molar-refractivity contribution in [3.8, 4) is 5.75 Å². The summed E-state index contributed by atoms with van der Waals surface area (Å²) in [5.74, 6) is -2.75. The van der Waals surface area contributed by atoms with Crippen molar-refractivity contribution < 1.29 is 31.9 Å². The molecule has 1 N–H and O–H groups in total. The molecule has 0 aliphatic heterocycles. The predicted molar refractivity (Wildman–Crippen MR) is 43.4 cm³/mol. The summed E-state index contributed by atoms with van der Waals surface area (Å²) >= 11 is 0. The molecule has 0 atom stereocenters. The lowest BCUT2D eigenvalue weighted by atomic mass is 10.1. The summed E-state index contributed by atoms with van der Waals surface area (Å²) in [5.41, 5.74) is -2.31. The number of hydrogen-bond donors (Lipinski definition) is 1. The molecule has 0 amide bonds. The van der Waals surface area contributed by atoms with E-state index in [1.807, 2.05) is 0 Å². The van der Waals surface area contributed by atoms with Gasteiger partial charge in [-0.3, -0.25) is 4.79 Å². The van der Waals surface area contributed by atoms with Gasteiger partial charge in [0.05, 0.1) is 11.1 Å². The Balaban J connectivity index is 3.25. The fourth-order valence-corrected chi connectivity index (χ4v) is 1.03. The van der Waals surface area contributed by atoms with Crippen molar-refractivity contribution in [3.63, 3.8) is 0 Å². The molecule has 0 aliphatic carbocycles. The molecule has 0 heterocycles. The summed E-state index contributed by atoms with van der Waals surface area (Å²) in [6.07, 6.45) is -8.22. The fraction of sp³-hybridized carbons (Fsp3) is 0.222. The van der Waals surface area contributed by atoms with E-state index in [9.17, 15) is 26.7 Å². The third-order valence-electron chi connectivity index (χ3n) is 1.79. The molecule has 0 spiro atoms. The molecular formula is C9H5F5O2. The molecule has 0 fully saturated rings. The van der Waals surface area contributed by atoms with Crippen LogP contribution >= 0.6 is 0 Å². The summed E-state index contributed by atoms with van der Waals surface area (Å²) in [5, 5.41) is 9.00. The van der Waals surface area contributed by atoms with Crippen LogP contribution in [0.2, 0.25) is 0 Å². The zero-order chi connectivity index (χ0) is 12.5. The lowest BCUT2D eigenvalue weighted by Crippen LogP contribution is -2.13. The Morgan fingerprint density at radius 2 is 1.81 bits per heavy atom. The van der Waals surface area contributed by atoms with Crippen molar-refractivity contribution >= 4 is 5.78 Å². The SMILES string of the molecule is O=C(c1cc(C(F)(F)F)ccc1O)C(F)F. The number of phenols is 1. The molecule has 0 saturated carbocycles. The highest BCUT2D eigenvalue weighted by Crippen LogP contribution is 2.32. The number of ketones is 1. The van der Waals surface area contributed by atoms with Crippen molar-refractivity contribution in [2.24, 2.45) is 0 Å². The average molecular weight is 240 g/mol. The number of phenolic OH excluding ortho intramolecular Hbond substituents is 1. The highest BCUT2D eigenvalue weighted by molar-refractivity contribution is 6.00. The summed E-state index contributed by atoms with van der Waals surface area (Å²) in [6.45, 7) is 0. The second kappa shape index (κ2) is 4.07. The number of aromatic hydroxyl groups is 1. The third kappa shape index (κ3) is 2.47. The predicted octanol–water partition coefficient (Wildman–Crippen LogP) is 2.86. The number of halogens is 5. The Labute approximate surface area is 86.3 Å². The number of Topliss-reactive ketones (excluding diaryl/α,β-unsaturated/α-hetero) is 1. The molecule has 0 radical (unpaired) electrons. The summed E-state index contributed by atoms with van der Waals surface area (Å²) < 4.78 is 60.5. The van der Waals surface area contributed by atoms with Gasteiger partial charge in [0.1, 0.15) is 5.75 Å². The van der Waals surface area contributed by atoms with Crippen LogP contribution in [0, 0.1) is 0 Å². The van der Waals surface area contributed by atoms with E-state index in [2.05, 4.69) is 0 Å². The Hall–Kier alpha value is -1.66. The first-order chi connectivity index (χ1) is 7.23. The zero-order valence-electron chi connectivity index (χ0n) is 7.55. The van der Waals surface area contributed by atoms with Crippen molar-refractivity contribution in [2.75, 3.05) is 0 Å². The highest BCUT2D eigenvalue weighted by Gasteiger charge is 2.32. The number of rotatable bonds is 2. The minimum atomic E-state index is -4.76. The lowest BCUT2D eigenvalue weighted by Gasteiger charge is -2.09. The van der Waals surface area contributed by atoms with E-state index in [0.29, 0.717) is 12.1 Å². The van der Waals surface area contributed by atoms with Crippen LogP contribution in [-0.2, 0) is 6.18 Å². The van der Waals surface area contributed by atoms with Crippen molar-refractivity contribution in [1.82, 2.24) is 0 Å². The largest absolute Gasteiger partial charge is 0.507 e. The van der Waals surface area contributed by atoms with E-state index in [1.165, 1.54) is 0 Å². The van der Waals surface area contributed by atoms with Gasteiger partial charge in [-0.25, -0.2) is 8.78 Å². The minimum absolute atomic E-state index is 0.198. The number of carbonyl (C=O) groups is 1. The molecule has 1 aromatic rings. The number of alkyl halides is 5. The molecule has 0 aromatic heterocycles. The Kier molecular flexibility index (Phi) is 3.16. The zero-order valence-corrected chi connectivity index (χ0v) is 7.55. The summed E-state index contributed by atoms with van der Waals surface area (Å²) in [4.78, 5) is 10.8. The van der Waals surface area contributed by atoms with Gasteiger partial charge in [0.2, 0.25) is 5.78 Å². The Bertz CT molecular complexity index is 411. The van der Waals surface area contributed by atoms with E-state index in [-0.39, 0.29) is 6.07 Å². The van der Waals surface area contributed by atoms with Gasteiger partial charge in [-0.1, -0.05) is 0 Å². The van der Waals surface area contributed by atoms with Crippen molar-refractivity contribution in [1.29, 1.82) is 0 Å². The normalized spacial score (nSPS) is 11.9. The van der Waals surface area contributed by atoms with Gasteiger partial charge >= 0.3 is 12.6 Å².